The van der Waals surface area contributed by atoms with Gasteiger partial charge in [-0.25, -0.2) is 9.18 Å². The van der Waals surface area contributed by atoms with Crippen molar-refractivity contribution in [2.75, 3.05) is 31.7 Å². The van der Waals surface area contributed by atoms with E-state index in [1.54, 1.807) is 24.3 Å². The maximum atomic E-state index is 11.9. The average molecular weight is 256 g/mol. The first-order valence-electron chi connectivity index (χ1n) is 5.71. The zero-order chi connectivity index (χ0) is 13.2. The highest BCUT2D eigenvalue weighted by atomic mass is 19.1. The van der Waals surface area contributed by atoms with Crippen LogP contribution >= 0.6 is 0 Å². The molecule has 2 amide bonds. The Balaban J connectivity index is 2.43. The van der Waals surface area contributed by atoms with Gasteiger partial charge in [0.25, 0.3) is 0 Å². The normalized spacial score (nSPS) is 9.89. The number of aliphatic hydroxyl groups is 1. The smallest absolute Gasteiger partial charge is 0.319 e. The van der Waals surface area contributed by atoms with Crippen molar-refractivity contribution in [2.24, 2.45) is 0 Å². The molecule has 100 valence electrons. The topological polar surface area (TPSA) is 70.6 Å². The number of aliphatic hydroxyl groups excluding tert-OH is 1. The highest BCUT2D eigenvalue weighted by molar-refractivity contribution is 5.89. The first-order chi connectivity index (χ1) is 8.76. The van der Waals surface area contributed by atoms with E-state index in [-0.39, 0.29) is 19.2 Å². The largest absolute Gasteiger partial charge is 0.491 e. The molecule has 0 heterocycles. The zero-order valence-corrected chi connectivity index (χ0v) is 9.99. The Kier molecular flexibility index (Phi) is 6.56. The number of urea groups is 1. The SMILES string of the molecule is O=C(NCCCO)Nc1cccc(OCCF)c1. The zero-order valence-electron chi connectivity index (χ0n) is 9.99. The van der Waals surface area contributed by atoms with Gasteiger partial charge in [-0.2, -0.15) is 0 Å². The number of hydrogen-bond acceptors (Lipinski definition) is 3. The van der Waals surface area contributed by atoms with Gasteiger partial charge in [0.05, 0.1) is 0 Å². The van der Waals surface area contributed by atoms with Gasteiger partial charge in [-0.15, -0.1) is 0 Å². The summed E-state index contributed by atoms with van der Waals surface area (Å²) in [5, 5.41) is 13.8. The van der Waals surface area contributed by atoms with Crippen molar-refractivity contribution in [2.45, 2.75) is 6.42 Å². The summed E-state index contributed by atoms with van der Waals surface area (Å²) in [5.41, 5.74) is 0.563. The van der Waals surface area contributed by atoms with E-state index >= 15 is 0 Å². The van der Waals surface area contributed by atoms with Gasteiger partial charge in [-0.3, -0.25) is 0 Å². The average Bonchev–Trinajstić information content (AvgIpc) is 2.37. The van der Waals surface area contributed by atoms with Crippen molar-refractivity contribution >= 4 is 11.7 Å². The minimum atomic E-state index is -0.556. The number of rotatable bonds is 7. The van der Waals surface area contributed by atoms with E-state index in [0.717, 1.165) is 0 Å². The molecule has 6 heteroatoms. The molecule has 0 aromatic heterocycles. The third kappa shape index (κ3) is 5.49. The highest BCUT2D eigenvalue weighted by Crippen LogP contribution is 2.17. The lowest BCUT2D eigenvalue weighted by Gasteiger charge is -2.09. The maximum absolute atomic E-state index is 11.9. The van der Waals surface area contributed by atoms with Crippen LogP contribution in [0.1, 0.15) is 6.42 Å². The summed E-state index contributed by atoms with van der Waals surface area (Å²) in [6.45, 7) is -0.126. The summed E-state index contributed by atoms with van der Waals surface area (Å²) in [6.07, 6.45) is 0.507. The Morgan fingerprint density at radius 1 is 1.44 bits per heavy atom. The van der Waals surface area contributed by atoms with E-state index in [2.05, 4.69) is 10.6 Å². The number of hydrogen-bond donors (Lipinski definition) is 3. The van der Waals surface area contributed by atoms with Crippen LogP contribution in [0.5, 0.6) is 5.75 Å². The molecule has 1 aromatic rings. The molecule has 18 heavy (non-hydrogen) atoms. The monoisotopic (exact) mass is 256 g/mol. The van der Waals surface area contributed by atoms with E-state index in [1.165, 1.54) is 0 Å². The van der Waals surface area contributed by atoms with E-state index in [1.807, 2.05) is 0 Å². The van der Waals surface area contributed by atoms with Crippen LogP contribution in [0.3, 0.4) is 0 Å². The molecule has 0 atom stereocenters. The molecule has 0 spiro atoms. The third-order valence-electron chi connectivity index (χ3n) is 2.06. The number of amides is 2. The summed E-state index contributed by atoms with van der Waals surface area (Å²) in [4.78, 5) is 11.4. The Labute approximate surface area is 105 Å². The van der Waals surface area contributed by atoms with Gasteiger partial charge >= 0.3 is 6.03 Å². The van der Waals surface area contributed by atoms with E-state index in [9.17, 15) is 9.18 Å². The van der Waals surface area contributed by atoms with Gasteiger partial charge in [0, 0.05) is 24.9 Å². The van der Waals surface area contributed by atoms with E-state index in [4.69, 9.17) is 9.84 Å². The number of nitrogens with one attached hydrogen (secondary N) is 2. The van der Waals surface area contributed by atoms with Crippen molar-refractivity contribution in [3.63, 3.8) is 0 Å². The summed E-state index contributed by atoms with van der Waals surface area (Å²) < 4.78 is 17.0. The van der Waals surface area contributed by atoms with Crippen LogP contribution < -0.4 is 15.4 Å². The quantitative estimate of drug-likeness (QED) is 0.648. The Morgan fingerprint density at radius 2 is 2.28 bits per heavy atom. The summed E-state index contributed by atoms with van der Waals surface area (Å²) >= 11 is 0. The van der Waals surface area contributed by atoms with Gasteiger partial charge in [0.1, 0.15) is 19.0 Å². The maximum Gasteiger partial charge on any atom is 0.319 e. The predicted molar refractivity (Wildman–Crippen MR) is 66.6 cm³/mol. The number of halogens is 1. The first kappa shape index (κ1) is 14.2. The number of carbonyl (C=O) groups excluding carboxylic acids is 1. The van der Waals surface area contributed by atoms with E-state index < -0.39 is 6.67 Å². The standard InChI is InChI=1S/C12H17FN2O3/c13-5-8-18-11-4-1-3-10(9-11)15-12(17)14-6-2-7-16/h1,3-4,9,16H,2,5-8H2,(H2,14,15,17). The molecule has 0 fully saturated rings. The van der Waals surface area contributed by atoms with Crippen LogP contribution in [-0.4, -0.2) is 37.6 Å². The number of anilines is 1. The van der Waals surface area contributed by atoms with Crippen molar-refractivity contribution in [1.82, 2.24) is 5.32 Å². The van der Waals surface area contributed by atoms with Gasteiger partial charge in [0.2, 0.25) is 0 Å². The molecule has 0 aliphatic heterocycles. The summed E-state index contributed by atoms with van der Waals surface area (Å²) in [5.74, 6) is 0.501. The Hall–Kier alpha value is -1.82. The fraction of sp³-hybridized carbons (Fsp3) is 0.417. The van der Waals surface area contributed by atoms with Gasteiger partial charge in [0.15, 0.2) is 0 Å². The second kappa shape index (κ2) is 8.30. The van der Waals surface area contributed by atoms with Crippen molar-refractivity contribution in [3.8, 4) is 5.75 Å². The highest BCUT2D eigenvalue weighted by Gasteiger charge is 2.02. The number of alkyl halides is 1. The molecule has 0 aliphatic rings. The number of ether oxygens (including phenoxy) is 1. The van der Waals surface area contributed by atoms with Gasteiger partial charge in [-0.05, 0) is 18.6 Å². The molecule has 0 unspecified atom stereocenters. The van der Waals surface area contributed by atoms with Crippen LogP contribution in [0.15, 0.2) is 24.3 Å². The van der Waals surface area contributed by atoms with Gasteiger partial charge < -0.3 is 20.5 Å². The number of benzene rings is 1. The lowest BCUT2D eigenvalue weighted by Crippen LogP contribution is -2.29. The fourth-order valence-electron chi connectivity index (χ4n) is 1.28. The van der Waals surface area contributed by atoms with E-state index in [0.29, 0.717) is 24.4 Å². The second-order valence-corrected chi connectivity index (χ2v) is 3.52. The predicted octanol–water partition coefficient (Wildman–Crippen LogP) is 1.54. The minimum absolute atomic E-state index is 0.00779. The van der Waals surface area contributed by atoms with Gasteiger partial charge in [-0.1, -0.05) is 6.07 Å². The second-order valence-electron chi connectivity index (χ2n) is 3.52. The molecule has 5 nitrogen and oxygen atoms in total. The van der Waals surface area contributed by atoms with Crippen molar-refractivity contribution in [1.29, 1.82) is 0 Å². The molecule has 0 bridgehead atoms. The minimum Gasteiger partial charge on any atom is -0.491 e. The summed E-state index contributed by atoms with van der Waals surface area (Å²) in [7, 11) is 0. The van der Waals surface area contributed by atoms with Crippen LogP contribution in [0.2, 0.25) is 0 Å². The Morgan fingerprint density at radius 3 is 3.00 bits per heavy atom. The molecule has 1 rings (SSSR count). The molecule has 0 aliphatic carbocycles. The van der Waals surface area contributed by atoms with Crippen LogP contribution in [0.25, 0.3) is 0 Å². The molecular weight excluding hydrogens is 239 g/mol. The molecular formula is C12H17FN2O3. The summed E-state index contributed by atoms with van der Waals surface area (Å²) in [6, 6.07) is 6.35. The lowest BCUT2D eigenvalue weighted by molar-refractivity contribution is 0.249. The van der Waals surface area contributed by atoms with Crippen molar-refractivity contribution in [3.05, 3.63) is 24.3 Å². The van der Waals surface area contributed by atoms with Crippen molar-refractivity contribution < 1.29 is 19.0 Å². The third-order valence-corrected chi connectivity index (χ3v) is 2.06. The molecule has 0 saturated carbocycles. The van der Waals surface area contributed by atoms with Crippen LogP contribution in [-0.2, 0) is 0 Å². The first-order valence-corrected chi connectivity index (χ1v) is 5.71. The Bertz CT molecular complexity index is 374. The molecule has 3 N–H and O–H groups in total. The molecule has 0 saturated heterocycles. The molecule has 1 aromatic carbocycles. The number of carbonyl (C=O) groups is 1. The fourth-order valence-corrected chi connectivity index (χ4v) is 1.28. The lowest BCUT2D eigenvalue weighted by atomic mass is 10.3. The molecule has 0 radical (unpaired) electrons. The van der Waals surface area contributed by atoms with Crippen LogP contribution in [0.4, 0.5) is 14.9 Å². The van der Waals surface area contributed by atoms with Crippen LogP contribution in [0, 0.1) is 0 Å².